The van der Waals surface area contributed by atoms with E-state index in [1.54, 1.807) is 17.7 Å². The Labute approximate surface area is 184 Å². The zero-order valence-electron chi connectivity index (χ0n) is 17.2. The van der Waals surface area contributed by atoms with Crippen LogP contribution < -0.4 is 10.9 Å². The fraction of sp³-hybridized carbons (Fsp3) is 0.208. The molecule has 31 heavy (non-hydrogen) atoms. The highest BCUT2D eigenvalue weighted by molar-refractivity contribution is 7.99. The second kappa shape index (κ2) is 9.76. The van der Waals surface area contributed by atoms with Gasteiger partial charge < -0.3 is 10.1 Å². The Morgan fingerprint density at radius 2 is 1.77 bits per heavy atom. The van der Waals surface area contributed by atoms with Crippen LogP contribution in [0.15, 0.2) is 76.7 Å². The third-order valence-corrected chi connectivity index (χ3v) is 5.93. The fourth-order valence-corrected chi connectivity index (χ4v) is 4.30. The Morgan fingerprint density at radius 3 is 2.61 bits per heavy atom. The third kappa shape index (κ3) is 4.78. The predicted molar refractivity (Wildman–Crippen MR) is 126 cm³/mol. The summed E-state index contributed by atoms with van der Waals surface area (Å²) in [6.07, 6.45) is 0.687. The van der Waals surface area contributed by atoms with E-state index in [2.05, 4.69) is 10.3 Å². The first-order chi connectivity index (χ1) is 15.2. The summed E-state index contributed by atoms with van der Waals surface area (Å²) < 4.78 is 6.76. The van der Waals surface area contributed by atoms with E-state index in [4.69, 9.17) is 4.74 Å². The van der Waals surface area contributed by atoms with Crippen molar-refractivity contribution in [3.05, 3.63) is 77.1 Å². The number of carbonyl (C=O) groups is 1. The maximum atomic E-state index is 13.0. The molecule has 4 rings (SSSR count). The second-order valence-corrected chi connectivity index (χ2v) is 8.02. The van der Waals surface area contributed by atoms with Crippen molar-refractivity contribution in [2.75, 3.05) is 24.8 Å². The quantitative estimate of drug-likeness (QED) is 0.255. The summed E-state index contributed by atoms with van der Waals surface area (Å²) in [5.41, 5.74) is 1.30. The van der Waals surface area contributed by atoms with Crippen molar-refractivity contribution < 1.29 is 9.53 Å². The predicted octanol–water partition coefficient (Wildman–Crippen LogP) is 4.32. The van der Waals surface area contributed by atoms with Crippen LogP contribution in [0.5, 0.6) is 0 Å². The molecule has 3 aromatic carbocycles. The van der Waals surface area contributed by atoms with Crippen molar-refractivity contribution in [3.63, 3.8) is 0 Å². The Morgan fingerprint density at radius 1 is 1.03 bits per heavy atom. The van der Waals surface area contributed by atoms with Crippen molar-refractivity contribution >= 4 is 45.0 Å². The average Bonchev–Trinajstić information content (AvgIpc) is 2.80. The van der Waals surface area contributed by atoms with Crippen molar-refractivity contribution in [3.8, 4) is 0 Å². The zero-order valence-corrected chi connectivity index (χ0v) is 18.0. The summed E-state index contributed by atoms with van der Waals surface area (Å²) in [6, 6.07) is 21.0. The van der Waals surface area contributed by atoms with Gasteiger partial charge in [-0.25, -0.2) is 4.98 Å². The molecule has 0 bridgehead atoms. The van der Waals surface area contributed by atoms with Crippen LogP contribution >= 0.6 is 11.8 Å². The lowest BCUT2D eigenvalue weighted by atomic mass is 10.1. The molecular formula is C24H23N3O3S. The monoisotopic (exact) mass is 433 g/mol. The van der Waals surface area contributed by atoms with Gasteiger partial charge in [-0.05, 0) is 30.0 Å². The Bertz CT molecular complexity index is 1280. The van der Waals surface area contributed by atoms with E-state index in [9.17, 15) is 9.59 Å². The van der Waals surface area contributed by atoms with Gasteiger partial charge in [0.1, 0.15) is 0 Å². The first-order valence-electron chi connectivity index (χ1n) is 10.1. The zero-order chi connectivity index (χ0) is 21.6. The number of ether oxygens (including phenoxy) is 1. The molecule has 1 aromatic heterocycles. The standard InChI is InChI=1S/C24H23N3O3S/c1-30-15-7-14-27-23(29)19-11-4-5-12-21(19)26-24(27)31-16-22(28)25-20-13-6-9-17-8-2-3-10-18(17)20/h2-6,8-13H,7,14-16H2,1H3,(H,25,28). The number of carbonyl (C=O) groups excluding carboxylic acids is 1. The van der Waals surface area contributed by atoms with E-state index in [0.717, 1.165) is 16.5 Å². The molecule has 0 saturated carbocycles. The number of rotatable bonds is 8. The van der Waals surface area contributed by atoms with Gasteiger partial charge in [0, 0.05) is 31.3 Å². The summed E-state index contributed by atoms with van der Waals surface area (Å²) in [5.74, 6) is 0.00496. The molecule has 4 aromatic rings. The number of para-hydroxylation sites is 1. The van der Waals surface area contributed by atoms with Gasteiger partial charge in [-0.2, -0.15) is 0 Å². The van der Waals surface area contributed by atoms with Gasteiger partial charge >= 0.3 is 0 Å². The number of hydrogen-bond donors (Lipinski definition) is 1. The minimum absolute atomic E-state index is 0.0985. The SMILES string of the molecule is COCCCn1c(SCC(=O)Nc2cccc3ccccc23)nc2ccccc2c1=O. The van der Waals surface area contributed by atoms with Crippen molar-refractivity contribution in [2.45, 2.75) is 18.1 Å². The highest BCUT2D eigenvalue weighted by Gasteiger charge is 2.14. The first kappa shape index (κ1) is 21.1. The summed E-state index contributed by atoms with van der Waals surface area (Å²) in [7, 11) is 1.63. The number of nitrogens with one attached hydrogen (secondary N) is 1. The largest absolute Gasteiger partial charge is 0.385 e. The molecule has 0 unspecified atom stereocenters. The van der Waals surface area contributed by atoms with Crippen LogP contribution in [-0.4, -0.2) is 34.9 Å². The van der Waals surface area contributed by atoms with E-state index in [-0.39, 0.29) is 17.2 Å². The van der Waals surface area contributed by atoms with Crippen LogP contribution in [0.2, 0.25) is 0 Å². The lowest BCUT2D eigenvalue weighted by Gasteiger charge is -2.13. The molecule has 6 nitrogen and oxygen atoms in total. The van der Waals surface area contributed by atoms with E-state index >= 15 is 0 Å². The minimum Gasteiger partial charge on any atom is -0.385 e. The Balaban J connectivity index is 1.55. The molecule has 158 valence electrons. The number of anilines is 1. The lowest BCUT2D eigenvalue weighted by Crippen LogP contribution is -2.25. The van der Waals surface area contributed by atoms with Gasteiger partial charge in [0.25, 0.3) is 5.56 Å². The third-order valence-electron chi connectivity index (χ3n) is 4.95. The number of methoxy groups -OCH3 is 1. The van der Waals surface area contributed by atoms with Gasteiger partial charge in [0.15, 0.2) is 5.16 Å². The van der Waals surface area contributed by atoms with Gasteiger partial charge in [-0.1, -0.05) is 60.3 Å². The number of aromatic nitrogens is 2. The van der Waals surface area contributed by atoms with Crippen LogP contribution in [-0.2, 0) is 16.1 Å². The maximum absolute atomic E-state index is 13.0. The molecule has 1 heterocycles. The average molecular weight is 434 g/mol. The van der Waals surface area contributed by atoms with Crippen LogP contribution in [0.1, 0.15) is 6.42 Å². The Kier molecular flexibility index (Phi) is 6.64. The van der Waals surface area contributed by atoms with Crippen LogP contribution in [0, 0.1) is 0 Å². The molecule has 0 atom stereocenters. The van der Waals surface area contributed by atoms with Gasteiger partial charge in [0.2, 0.25) is 5.91 Å². The minimum atomic E-state index is -0.146. The van der Waals surface area contributed by atoms with E-state index < -0.39 is 0 Å². The first-order valence-corrected chi connectivity index (χ1v) is 11.0. The summed E-state index contributed by atoms with van der Waals surface area (Å²) in [5, 5.41) is 6.15. The van der Waals surface area contributed by atoms with E-state index in [0.29, 0.717) is 35.6 Å². The molecule has 0 saturated heterocycles. The molecule has 0 fully saturated rings. The number of hydrogen-bond acceptors (Lipinski definition) is 5. The molecule has 1 amide bonds. The molecule has 0 aliphatic heterocycles. The van der Waals surface area contributed by atoms with E-state index in [1.165, 1.54) is 11.8 Å². The highest BCUT2D eigenvalue weighted by Crippen LogP contribution is 2.24. The molecule has 0 aliphatic carbocycles. The van der Waals surface area contributed by atoms with Crippen LogP contribution in [0.25, 0.3) is 21.7 Å². The molecule has 0 radical (unpaired) electrons. The Hall–Kier alpha value is -3.16. The summed E-state index contributed by atoms with van der Waals surface area (Å²) >= 11 is 1.27. The smallest absolute Gasteiger partial charge is 0.262 e. The molecule has 0 aliphatic rings. The number of benzene rings is 3. The van der Waals surface area contributed by atoms with Crippen LogP contribution in [0.4, 0.5) is 5.69 Å². The number of fused-ring (bicyclic) bond motifs is 2. The number of amides is 1. The second-order valence-electron chi connectivity index (χ2n) is 7.08. The highest BCUT2D eigenvalue weighted by atomic mass is 32.2. The van der Waals surface area contributed by atoms with Crippen LogP contribution in [0.3, 0.4) is 0 Å². The van der Waals surface area contributed by atoms with Crippen molar-refractivity contribution in [1.82, 2.24) is 9.55 Å². The fourth-order valence-electron chi connectivity index (χ4n) is 3.47. The van der Waals surface area contributed by atoms with Gasteiger partial charge in [-0.3, -0.25) is 14.2 Å². The maximum Gasteiger partial charge on any atom is 0.262 e. The number of nitrogens with zero attached hydrogens (tertiary/aromatic N) is 2. The lowest BCUT2D eigenvalue weighted by molar-refractivity contribution is -0.113. The normalized spacial score (nSPS) is 11.1. The molecule has 7 heteroatoms. The summed E-state index contributed by atoms with van der Waals surface area (Å²) in [4.78, 5) is 30.3. The molecular weight excluding hydrogens is 410 g/mol. The number of thioether (sulfide) groups is 1. The van der Waals surface area contributed by atoms with Crippen molar-refractivity contribution in [1.29, 1.82) is 0 Å². The summed E-state index contributed by atoms with van der Waals surface area (Å²) in [6.45, 7) is 1.03. The molecule has 1 N–H and O–H groups in total. The topological polar surface area (TPSA) is 73.2 Å². The van der Waals surface area contributed by atoms with E-state index in [1.807, 2.05) is 60.7 Å². The molecule has 0 spiro atoms. The van der Waals surface area contributed by atoms with Gasteiger partial charge in [-0.15, -0.1) is 0 Å². The van der Waals surface area contributed by atoms with Crippen molar-refractivity contribution in [2.24, 2.45) is 0 Å². The van der Waals surface area contributed by atoms with Gasteiger partial charge in [0.05, 0.1) is 16.7 Å².